The van der Waals surface area contributed by atoms with Gasteiger partial charge in [-0.2, -0.15) is 5.10 Å². The van der Waals surface area contributed by atoms with Gasteiger partial charge in [0.1, 0.15) is 0 Å². The first-order chi connectivity index (χ1) is 12.7. The fourth-order valence-corrected chi connectivity index (χ4v) is 3.96. The first kappa shape index (κ1) is 16.8. The molecule has 1 aliphatic rings. The lowest BCUT2D eigenvalue weighted by Gasteiger charge is -2.32. The second kappa shape index (κ2) is 7.29. The number of aromatic nitrogens is 3. The minimum absolute atomic E-state index is 0.0335. The fourth-order valence-electron chi connectivity index (χ4n) is 3.27. The van der Waals surface area contributed by atoms with Crippen LogP contribution in [0.2, 0.25) is 0 Å². The van der Waals surface area contributed by atoms with Crippen molar-refractivity contribution in [3.8, 4) is 10.6 Å². The molecule has 0 spiro atoms. The minimum Gasteiger partial charge on any atom is -0.355 e. The molecule has 0 unspecified atom stereocenters. The van der Waals surface area contributed by atoms with E-state index >= 15 is 0 Å². The highest BCUT2D eigenvalue weighted by Crippen LogP contribution is 2.27. The van der Waals surface area contributed by atoms with Gasteiger partial charge in [0, 0.05) is 37.1 Å². The Hall–Kier alpha value is -2.67. The SMILES string of the molecule is Cc1ncccc1C(=O)NC1CCN(c2cc(-c3cccs3)[nH]n2)CC1. The fraction of sp³-hybridized carbons (Fsp3) is 0.316. The normalized spacial score (nSPS) is 15.2. The highest BCUT2D eigenvalue weighted by molar-refractivity contribution is 7.13. The standard InChI is InChI=1S/C19H21N5OS/c1-13-15(4-2-8-20-13)19(25)21-14-6-9-24(10-7-14)18-12-16(22-23-18)17-5-3-11-26-17/h2-5,8,11-12,14H,6-7,9-10H2,1H3,(H,21,25)(H,22,23). The van der Waals surface area contributed by atoms with Crippen molar-refractivity contribution >= 4 is 23.1 Å². The summed E-state index contributed by atoms with van der Waals surface area (Å²) in [6.07, 6.45) is 3.53. The van der Waals surface area contributed by atoms with E-state index in [4.69, 9.17) is 0 Å². The zero-order chi connectivity index (χ0) is 17.9. The Kier molecular flexibility index (Phi) is 4.71. The lowest BCUT2D eigenvalue weighted by molar-refractivity contribution is 0.0930. The lowest BCUT2D eigenvalue weighted by atomic mass is 10.0. The summed E-state index contributed by atoms with van der Waals surface area (Å²) in [6, 6.07) is 10.0. The van der Waals surface area contributed by atoms with E-state index in [2.05, 4.69) is 42.9 Å². The molecule has 1 amide bonds. The first-order valence-electron chi connectivity index (χ1n) is 8.77. The number of H-pyrrole nitrogens is 1. The molecule has 0 saturated carbocycles. The first-order valence-corrected chi connectivity index (χ1v) is 9.65. The summed E-state index contributed by atoms with van der Waals surface area (Å²) < 4.78 is 0. The summed E-state index contributed by atoms with van der Waals surface area (Å²) in [5.74, 6) is 0.940. The number of nitrogens with zero attached hydrogens (tertiary/aromatic N) is 3. The quantitative estimate of drug-likeness (QED) is 0.742. The summed E-state index contributed by atoms with van der Waals surface area (Å²) in [5, 5.41) is 12.8. The molecule has 4 heterocycles. The highest BCUT2D eigenvalue weighted by atomic mass is 32.1. The van der Waals surface area contributed by atoms with Gasteiger partial charge in [-0.1, -0.05) is 6.07 Å². The van der Waals surface area contributed by atoms with Gasteiger partial charge >= 0.3 is 0 Å². The van der Waals surface area contributed by atoms with E-state index in [1.807, 2.05) is 19.1 Å². The molecular weight excluding hydrogens is 346 g/mol. The van der Waals surface area contributed by atoms with E-state index in [1.165, 1.54) is 4.88 Å². The van der Waals surface area contributed by atoms with Gasteiger partial charge in [-0.15, -0.1) is 11.3 Å². The number of hydrogen-bond acceptors (Lipinski definition) is 5. The number of pyridine rings is 1. The molecule has 0 aliphatic carbocycles. The van der Waals surface area contributed by atoms with Gasteiger partial charge in [-0.25, -0.2) is 0 Å². The van der Waals surface area contributed by atoms with Crippen LogP contribution < -0.4 is 10.2 Å². The van der Waals surface area contributed by atoms with Gasteiger partial charge in [0.05, 0.1) is 16.1 Å². The van der Waals surface area contributed by atoms with Crippen molar-refractivity contribution in [2.75, 3.05) is 18.0 Å². The minimum atomic E-state index is -0.0335. The molecule has 4 rings (SSSR count). The van der Waals surface area contributed by atoms with Crippen LogP contribution >= 0.6 is 11.3 Å². The van der Waals surface area contributed by atoms with Crippen molar-refractivity contribution in [2.45, 2.75) is 25.8 Å². The Balaban J connectivity index is 1.34. The molecule has 134 valence electrons. The van der Waals surface area contributed by atoms with Crippen LogP contribution in [-0.4, -0.2) is 40.2 Å². The van der Waals surface area contributed by atoms with Crippen LogP contribution in [0.25, 0.3) is 10.6 Å². The van der Waals surface area contributed by atoms with E-state index in [0.29, 0.717) is 5.56 Å². The van der Waals surface area contributed by atoms with E-state index in [-0.39, 0.29) is 11.9 Å². The molecule has 1 aliphatic heterocycles. The van der Waals surface area contributed by atoms with E-state index in [0.717, 1.165) is 43.1 Å². The van der Waals surface area contributed by atoms with Crippen LogP contribution in [0.1, 0.15) is 28.9 Å². The topological polar surface area (TPSA) is 73.9 Å². The number of aryl methyl sites for hydroxylation is 1. The summed E-state index contributed by atoms with van der Waals surface area (Å²) in [5.41, 5.74) is 2.47. The monoisotopic (exact) mass is 367 g/mol. The number of nitrogens with one attached hydrogen (secondary N) is 2. The van der Waals surface area contributed by atoms with Crippen LogP contribution in [0.5, 0.6) is 0 Å². The molecule has 7 heteroatoms. The maximum atomic E-state index is 12.4. The molecule has 1 saturated heterocycles. The number of carbonyl (C=O) groups excluding carboxylic acids is 1. The number of amides is 1. The number of hydrogen-bond donors (Lipinski definition) is 2. The van der Waals surface area contributed by atoms with Crippen molar-refractivity contribution in [1.82, 2.24) is 20.5 Å². The predicted octanol–water partition coefficient (Wildman–Crippen LogP) is 3.24. The van der Waals surface area contributed by atoms with Gasteiger partial charge in [-0.05, 0) is 43.3 Å². The molecule has 3 aromatic heterocycles. The summed E-state index contributed by atoms with van der Waals surface area (Å²) in [7, 11) is 0. The summed E-state index contributed by atoms with van der Waals surface area (Å²) in [6.45, 7) is 3.62. The molecule has 2 N–H and O–H groups in total. The number of thiophene rings is 1. The van der Waals surface area contributed by atoms with Crippen molar-refractivity contribution in [1.29, 1.82) is 0 Å². The van der Waals surface area contributed by atoms with E-state index in [1.54, 1.807) is 23.6 Å². The number of aromatic amines is 1. The molecular formula is C19H21N5OS. The Morgan fingerprint density at radius 3 is 2.88 bits per heavy atom. The Labute approximate surface area is 156 Å². The number of piperidine rings is 1. The molecule has 1 fully saturated rings. The third-order valence-electron chi connectivity index (χ3n) is 4.76. The molecule has 0 aromatic carbocycles. The van der Waals surface area contributed by atoms with Crippen LogP contribution in [0.3, 0.4) is 0 Å². The smallest absolute Gasteiger partial charge is 0.253 e. The lowest BCUT2D eigenvalue weighted by Crippen LogP contribution is -2.45. The molecule has 0 atom stereocenters. The zero-order valence-electron chi connectivity index (χ0n) is 14.6. The maximum Gasteiger partial charge on any atom is 0.253 e. The molecule has 0 bridgehead atoms. The highest BCUT2D eigenvalue weighted by Gasteiger charge is 2.23. The van der Waals surface area contributed by atoms with Gasteiger partial charge < -0.3 is 10.2 Å². The number of anilines is 1. The molecule has 0 radical (unpaired) electrons. The summed E-state index contributed by atoms with van der Waals surface area (Å²) in [4.78, 5) is 20.1. The third kappa shape index (κ3) is 3.48. The molecule has 6 nitrogen and oxygen atoms in total. The van der Waals surface area contributed by atoms with Gasteiger partial charge in [0.2, 0.25) is 0 Å². The van der Waals surface area contributed by atoms with E-state index in [9.17, 15) is 4.79 Å². The van der Waals surface area contributed by atoms with Crippen molar-refractivity contribution in [3.63, 3.8) is 0 Å². The maximum absolute atomic E-state index is 12.4. The average molecular weight is 367 g/mol. The third-order valence-corrected chi connectivity index (χ3v) is 5.66. The van der Waals surface area contributed by atoms with E-state index < -0.39 is 0 Å². The van der Waals surface area contributed by atoms with Crippen molar-refractivity contribution in [2.24, 2.45) is 0 Å². The number of carbonyl (C=O) groups is 1. The van der Waals surface area contributed by atoms with Crippen molar-refractivity contribution in [3.05, 3.63) is 53.2 Å². The second-order valence-electron chi connectivity index (χ2n) is 6.49. The van der Waals surface area contributed by atoms with Crippen LogP contribution in [0.15, 0.2) is 41.9 Å². The van der Waals surface area contributed by atoms with Gasteiger partial charge in [0.25, 0.3) is 5.91 Å². The largest absolute Gasteiger partial charge is 0.355 e. The Bertz CT molecular complexity index is 881. The van der Waals surface area contributed by atoms with Crippen LogP contribution in [-0.2, 0) is 0 Å². The Morgan fingerprint density at radius 2 is 2.15 bits per heavy atom. The summed E-state index contributed by atoms with van der Waals surface area (Å²) >= 11 is 1.70. The Morgan fingerprint density at radius 1 is 1.31 bits per heavy atom. The average Bonchev–Trinajstić information content (AvgIpc) is 3.34. The number of rotatable bonds is 4. The second-order valence-corrected chi connectivity index (χ2v) is 7.44. The molecule has 26 heavy (non-hydrogen) atoms. The van der Waals surface area contributed by atoms with Crippen molar-refractivity contribution < 1.29 is 4.79 Å². The molecule has 3 aromatic rings. The van der Waals surface area contributed by atoms with Crippen LogP contribution in [0, 0.1) is 6.92 Å². The zero-order valence-corrected chi connectivity index (χ0v) is 15.4. The van der Waals surface area contributed by atoms with Crippen LogP contribution in [0.4, 0.5) is 5.82 Å². The van der Waals surface area contributed by atoms with Gasteiger partial charge in [-0.3, -0.25) is 14.9 Å². The van der Waals surface area contributed by atoms with Gasteiger partial charge in [0.15, 0.2) is 5.82 Å². The predicted molar refractivity (Wildman–Crippen MR) is 104 cm³/mol.